The molecule has 0 aromatic rings. The van der Waals surface area contributed by atoms with E-state index in [1.807, 2.05) is 0 Å². The lowest BCUT2D eigenvalue weighted by Crippen LogP contribution is -2.59. The Bertz CT molecular complexity index is 303. The van der Waals surface area contributed by atoms with E-state index >= 15 is 0 Å². The van der Waals surface area contributed by atoms with Crippen molar-refractivity contribution in [1.82, 2.24) is 14.7 Å². The van der Waals surface area contributed by atoms with Crippen LogP contribution in [-0.2, 0) is 4.79 Å². The first-order chi connectivity index (χ1) is 9.90. The van der Waals surface area contributed by atoms with Crippen molar-refractivity contribution < 1.29 is 4.79 Å². The molecule has 2 unspecified atom stereocenters. The molecule has 0 bridgehead atoms. The second-order valence-corrected chi connectivity index (χ2v) is 6.85. The molecule has 2 atom stereocenters. The zero-order valence-electron chi connectivity index (χ0n) is 14.9. The van der Waals surface area contributed by atoms with Gasteiger partial charge in [0, 0.05) is 37.6 Å². The standard InChI is InChI=1S/C17H35N3O/c1-7-16(8-2)17(21)19-12-14(3)20(15(4)13-19)11-9-10-18(5)6/h14-16H,7-13H2,1-6H3. The SMILES string of the molecule is CCC(CC)C(=O)N1CC(C)N(CCCN(C)C)C(C)C1. The minimum Gasteiger partial charge on any atom is -0.339 e. The maximum atomic E-state index is 12.6. The third-order valence-corrected chi connectivity index (χ3v) is 4.77. The lowest BCUT2D eigenvalue weighted by atomic mass is 9.99. The fourth-order valence-corrected chi connectivity index (χ4v) is 3.44. The van der Waals surface area contributed by atoms with Gasteiger partial charge in [-0.2, -0.15) is 0 Å². The van der Waals surface area contributed by atoms with Gasteiger partial charge in [-0.05, 0) is 53.8 Å². The Hall–Kier alpha value is -0.610. The van der Waals surface area contributed by atoms with E-state index in [0.717, 1.165) is 39.0 Å². The molecule has 1 saturated heterocycles. The van der Waals surface area contributed by atoms with Crippen LogP contribution in [0.3, 0.4) is 0 Å². The van der Waals surface area contributed by atoms with Gasteiger partial charge >= 0.3 is 0 Å². The molecule has 0 aliphatic carbocycles. The molecule has 0 N–H and O–H groups in total. The highest BCUT2D eigenvalue weighted by Gasteiger charge is 2.33. The molecule has 1 aliphatic heterocycles. The van der Waals surface area contributed by atoms with Crippen molar-refractivity contribution in [2.24, 2.45) is 5.92 Å². The molecule has 0 spiro atoms. The fraction of sp³-hybridized carbons (Fsp3) is 0.941. The molecule has 1 heterocycles. The average Bonchev–Trinajstić information content (AvgIpc) is 2.42. The van der Waals surface area contributed by atoms with Gasteiger partial charge in [0.05, 0.1) is 0 Å². The Kier molecular flexibility index (Phi) is 7.67. The van der Waals surface area contributed by atoms with Crippen molar-refractivity contribution in [2.45, 2.75) is 59.0 Å². The van der Waals surface area contributed by atoms with Gasteiger partial charge < -0.3 is 9.80 Å². The summed E-state index contributed by atoms with van der Waals surface area (Å²) in [7, 11) is 4.25. The highest BCUT2D eigenvalue weighted by molar-refractivity contribution is 5.79. The van der Waals surface area contributed by atoms with Gasteiger partial charge in [-0.1, -0.05) is 13.8 Å². The number of hydrogen-bond acceptors (Lipinski definition) is 3. The van der Waals surface area contributed by atoms with Gasteiger partial charge in [0.2, 0.25) is 5.91 Å². The molecule has 4 heteroatoms. The largest absolute Gasteiger partial charge is 0.339 e. The maximum absolute atomic E-state index is 12.6. The predicted octanol–water partition coefficient (Wildman–Crippen LogP) is 2.30. The van der Waals surface area contributed by atoms with E-state index in [9.17, 15) is 4.79 Å². The van der Waals surface area contributed by atoms with Gasteiger partial charge in [0.25, 0.3) is 0 Å². The topological polar surface area (TPSA) is 26.8 Å². The van der Waals surface area contributed by atoms with Gasteiger partial charge in [-0.25, -0.2) is 0 Å². The van der Waals surface area contributed by atoms with Crippen LogP contribution >= 0.6 is 0 Å². The third-order valence-electron chi connectivity index (χ3n) is 4.77. The number of carbonyl (C=O) groups excluding carboxylic acids is 1. The first-order valence-corrected chi connectivity index (χ1v) is 8.59. The number of carbonyl (C=O) groups is 1. The molecule has 4 nitrogen and oxygen atoms in total. The Balaban J connectivity index is 2.54. The van der Waals surface area contributed by atoms with E-state index in [4.69, 9.17) is 0 Å². The molecule has 1 aliphatic rings. The molecule has 0 aromatic heterocycles. The zero-order chi connectivity index (χ0) is 16.0. The summed E-state index contributed by atoms with van der Waals surface area (Å²) < 4.78 is 0. The molecule has 124 valence electrons. The van der Waals surface area contributed by atoms with Crippen LogP contribution in [0.1, 0.15) is 47.0 Å². The van der Waals surface area contributed by atoms with Crippen LogP contribution in [0.5, 0.6) is 0 Å². The maximum Gasteiger partial charge on any atom is 0.225 e. The van der Waals surface area contributed by atoms with E-state index < -0.39 is 0 Å². The summed E-state index contributed by atoms with van der Waals surface area (Å²) in [6.45, 7) is 12.8. The third kappa shape index (κ3) is 5.26. The van der Waals surface area contributed by atoms with Gasteiger partial charge in [0.1, 0.15) is 0 Å². The normalized spacial score (nSPS) is 24.1. The van der Waals surface area contributed by atoms with E-state index in [0.29, 0.717) is 18.0 Å². The summed E-state index contributed by atoms with van der Waals surface area (Å²) in [4.78, 5) is 19.5. The lowest BCUT2D eigenvalue weighted by Gasteiger charge is -2.45. The molecule has 21 heavy (non-hydrogen) atoms. The van der Waals surface area contributed by atoms with Crippen molar-refractivity contribution >= 4 is 5.91 Å². The average molecular weight is 297 g/mol. The first kappa shape index (κ1) is 18.4. The number of rotatable bonds is 7. The number of hydrogen-bond donors (Lipinski definition) is 0. The second kappa shape index (κ2) is 8.74. The van der Waals surface area contributed by atoms with Gasteiger partial charge in [0.15, 0.2) is 0 Å². The lowest BCUT2D eigenvalue weighted by molar-refractivity contribution is -0.140. The fourth-order valence-electron chi connectivity index (χ4n) is 3.44. The Labute approximate surface area is 131 Å². The van der Waals surface area contributed by atoms with Crippen LogP contribution < -0.4 is 0 Å². The van der Waals surface area contributed by atoms with Crippen molar-refractivity contribution in [1.29, 1.82) is 0 Å². The van der Waals surface area contributed by atoms with E-state index in [1.165, 1.54) is 6.42 Å². The van der Waals surface area contributed by atoms with E-state index in [2.05, 4.69) is 56.5 Å². The zero-order valence-corrected chi connectivity index (χ0v) is 14.9. The molecule has 0 aromatic carbocycles. The summed E-state index contributed by atoms with van der Waals surface area (Å²) in [5, 5.41) is 0. The smallest absolute Gasteiger partial charge is 0.225 e. The molecule has 0 radical (unpaired) electrons. The van der Waals surface area contributed by atoms with Crippen LogP contribution in [-0.4, -0.2) is 73.0 Å². The van der Waals surface area contributed by atoms with Crippen LogP contribution in [0, 0.1) is 5.92 Å². The van der Waals surface area contributed by atoms with Crippen LogP contribution in [0.15, 0.2) is 0 Å². The number of piperazine rings is 1. The summed E-state index contributed by atoms with van der Waals surface area (Å²) >= 11 is 0. The quantitative estimate of drug-likeness (QED) is 0.721. The summed E-state index contributed by atoms with van der Waals surface area (Å²) in [5.41, 5.74) is 0. The van der Waals surface area contributed by atoms with Crippen LogP contribution in [0.4, 0.5) is 0 Å². The van der Waals surface area contributed by atoms with Crippen molar-refractivity contribution in [3.05, 3.63) is 0 Å². The van der Waals surface area contributed by atoms with Crippen LogP contribution in [0.2, 0.25) is 0 Å². The Morgan fingerprint density at radius 2 is 1.67 bits per heavy atom. The van der Waals surface area contributed by atoms with E-state index in [-0.39, 0.29) is 5.92 Å². The van der Waals surface area contributed by atoms with Gasteiger partial charge in [-0.3, -0.25) is 9.69 Å². The molecule has 1 rings (SSSR count). The number of amides is 1. The highest BCUT2D eigenvalue weighted by atomic mass is 16.2. The summed E-state index contributed by atoms with van der Waals surface area (Å²) in [5.74, 6) is 0.580. The summed E-state index contributed by atoms with van der Waals surface area (Å²) in [6, 6.07) is 0.934. The van der Waals surface area contributed by atoms with Crippen molar-refractivity contribution in [3.8, 4) is 0 Å². The molecule has 1 amide bonds. The minimum absolute atomic E-state index is 0.213. The van der Waals surface area contributed by atoms with Gasteiger partial charge in [-0.15, -0.1) is 0 Å². The van der Waals surface area contributed by atoms with Crippen molar-refractivity contribution in [2.75, 3.05) is 40.3 Å². The van der Waals surface area contributed by atoms with Crippen molar-refractivity contribution in [3.63, 3.8) is 0 Å². The van der Waals surface area contributed by atoms with E-state index in [1.54, 1.807) is 0 Å². The molecule has 0 saturated carbocycles. The molecular formula is C17H35N3O. The minimum atomic E-state index is 0.213. The summed E-state index contributed by atoms with van der Waals surface area (Å²) in [6.07, 6.45) is 3.12. The predicted molar refractivity (Wildman–Crippen MR) is 89.5 cm³/mol. The van der Waals surface area contributed by atoms with Crippen LogP contribution in [0.25, 0.3) is 0 Å². The highest BCUT2D eigenvalue weighted by Crippen LogP contribution is 2.20. The molecule has 1 fully saturated rings. The Morgan fingerprint density at radius 3 is 2.10 bits per heavy atom. The first-order valence-electron chi connectivity index (χ1n) is 8.59. The number of nitrogens with zero attached hydrogens (tertiary/aromatic N) is 3. The molecular weight excluding hydrogens is 262 g/mol. The monoisotopic (exact) mass is 297 g/mol. The second-order valence-electron chi connectivity index (χ2n) is 6.85. The Morgan fingerprint density at radius 1 is 1.14 bits per heavy atom.